The number of phosphoric ester groups is 1. The number of cyclic esters (lactones) is 1. The predicted octanol–water partition coefficient (Wildman–Crippen LogP) is 2.49. The number of carbonyl (C=O) groups is 1. The van der Waals surface area contributed by atoms with Crippen molar-refractivity contribution >= 4 is 25.4 Å². The number of hydrogen-bond donors (Lipinski definition) is 2. The molecule has 1 amide bonds. The fourth-order valence-electron chi connectivity index (χ4n) is 3.15. The lowest BCUT2D eigenvalue weighted by Gasteiger charge is -2.31. The minimum absolute atomic E-state index is 0.0896. The summed E-state index contributed by atoms with van der Waals surface area (Å²) in [5, 5.41) is 0. The minimum atomic E-state index is -4.67. The third kappa shape index (κ3) is 3.44. The van der Waals surface area contributed by atoms with Crippen LogP contribution in [-0.2, 0) is 13.8 Å². The first kappa shape index (κ1) is 18.4. The minimum Gasteiger partial charge on any atom is -0.489 e. The highest BCUT2D eigenvalue weighted by Gasteiger charge is 2.47. The van der Waals surface area contributed by atoms with Crippen molar-refractivity contribution in [3.05, 3.63) is 47.9 Å². The molecule has 1 aromatic carbocycles. The summed E-state index contributed by atoms with van der Waals surface area (Å²) in [4.78, 5) is 38.7. The van der Waals surface area contributed by atoms with Crippen LogP contribution in [0.3, 0.4) is 0 Å². The van der Waals surface area contributed by atoms with Crippen LogP contribution >= 0.6 is 7.82 Å². The van der Waals surface area contributed by atoms with E-state index in [1.807, 2.05) is 0 Å². The SMILES string of the molecule is [C-]#[N+]c1ccc(-c2ccc3c(c2)OC[C@H]2[C@H](COP(=O)(O)O)OC(=O)N32)cn1. The molecule has 3 heterocycles. The largest absolute Gasteiger partial charge is 0.489 e. The van der Waals surface area contributed by atoms with Crippen LogP contribution < -0.4 is 9.64 Å². The maximum absolute atomic E-state index is 12.3. The molecular weight excluding hydrogens is 389 g/mol. The second-order valence-electron chi connectivity index (χ2n) is 6.16. The van der Waals surface area contributed by atoms with Gasteiger partial charge >= 0.3 is 13.9 Å². The molecule has 144 valence electrons. The predicted molar refractivity (Wildman–Crippen MR) is 96.0 cm³/mol. The zero-order valence-electron chi connectivity index (χ0n) is 14.3. The molecule has 2 atom stereocenters. The van der Waals surface area contributed by atoms with Gasteiger partial charge in [0.05, 0.1) is 12.3 Å². The normalized spacial score (nSPS) is 20.6. The van der Waals surface area contributed by atoms with Gasteiger partial charge in [0.25, 0.3) is 5.82 Å². The van der Waals surface area contributed by atoms with E-state index in [4.69, 9.17) is 25.8 Å². The molecule has 28 heavy (non-hydrogen) atoms. The Hall–Kier alpha value is -2.96. The number of rotatable bonds is 4. The van der Waals surface area contributed by atoms with Gasteiger partial charge in [0.1, 0.15) is 24.6 Å². The number of benzene rings is 1. The molecule has 2 aliphatic heterocycles. The van der Waals surface area contributed by atoms with Crippen molar-refractivity contribution < 1.29 is 33.1 Å². The van der Waals surface area contributed by atoms with Crippen molar-refractivity contribution in [1.82, 2.24) is 4.98 Å². The second kappa shape index (κ2) is 6.89. The van der Waals surface area contributed by atoms with Crippen LogP contribution in [0.4, 0.5) is 16.3 Å². The third-order valence-corrected chi connectivity index (χ3v) is 4.93. The number of phosphoric acid groups is 1. The fraction of sp³-hybridized carbons (Fsp3) is 0.235. The van der Waals surface area contributed by atoms with Crippen molar-refractivity contribution in [1.29, 1.82) is 0 Å². The van der Waals surface area contributed by atoms with Crippen LogP contribution in [0.1, 0.15) is 0 Å². The molecule has 0 saturated carbocycles. The molecule has 10 nitrogen and oxygen atoms in total. The Balaban J connectivity index is 1.59. The molecule has 2 aromatic rings. The van der Waals surface area contributed by atoms with E-state index in [0.717, 1.165) is 11.1 Å². The van der Waals surface area contributed by atoms with E-state index in [1.54, 1.807) is 36.5 Å². The van der Waals surface area contributed by atoms with Gasteiger partial charge in [-0.2, -0.15) is 0 Å². The molecule has 1 saturated heterocycles. The summed E-state index contributed by atoms with van der Waals surface area (Å²) in [5.74, 6) is 0.765. The molecule has 1 aromatic heterocycles. The van der Waals surface area contributed by atoms with E-state index >= 15 is 0 Å². The molecule has 4 rings (SSSR count). The van der Waals surface area contributed by atoms with Crippen molar-refractivity contribution in [2.24, 2.45) is 0 Å². The lowest BCUT2D eigenvalue weighted by Crippen LogP contribution is -2.45. The number of nitrogens with zero attached hydrogens (tertiary/aromatic N) is 3. The van der Waals surface area contributed by atoms with E-state index < -0.39 is 32.7 Å². The lowest BCUT2D eigenvalue weighted by molar-refractivity contribution is 0.0676. The van der Waals surface area contributed by atoms with Crippen molar-refractivity contribution in [2.75, 3.05) is 18.1 Å². The van der Waals surface area contributed by atoms with Gasteiger partial charge in [0.2, 0.25) is 0 Å². The smallest absolute Gasteiger partial charge is 0.469 e. The lowest BCUT2D eigenvalue weighted by atomic mass is 10.0. The van der Waals surface area contributed by atoms with Gasteiger partial charge in [-0.05, 0) is 23.8 Å². The molecule has 2 aliphatic rings. The van der Waals surface area contributed by atoms with Gasteiger partial charge in [-0.1, -0.05) is 18.7 Å². The summed E-state index contributed by atoms with van der Waals surface area (Å²) in [5.41, 5.74) is 2.09. The summed E-state index contributed by atoms with van der Waals surface area (Å²) in [7, 11) is -4.67. The molecular formula is C17H14N3O7P. The fourth-order valence-corrected chi connectivity index (χ4v) is 3.49. The average molecular weight is 403 g/mol. The number of amides is 1. The van der Waals surface area contributed by atoms with Crippen LogP contribution in [0.25, 0.3) is 16.0 Å². The van der Waals surface area contributed by atoms with Crippen LogP contribution in [0.15, 0.2) is 36.5 Å². The number of carbonyl (C=O) groups excluding carboxylic acids is 1. The molecule has 0 spiro atoms. The number of aromatic nitrogens is 1. The van der Waals surface area contributed by atoms with E-state index in [-0.39, 0.29) is 6.61 Å². The van der Waals surface area contributed by atoms with Gasteiger partial charge in [-0.3, -0.25) is 9.42 Å². The topological polar surface area (TPSA) is 123 Å². The van der Waals surface area contributed by atoms with Crippen LogP contribution in [0.2, 0.25) is 0 Å². The molecule has 0 bridgehead atoms. The summed E-state index contributed by atoms with van der Waals surface area (Å²) >= 11 is 0. The number of pyridine rings is 1. The monoisotopic (exact) mass is 403 g/mol. The maximum Gasteiger partial charge on any atom is 0.469 e. The van der Waals surface area contributed by atoms with E-state index in [0.29, 0.717) is 17.3 Å². The first-order chi connectivity index (χ1) is 13.4. The number of anilines is 1. The number of fused-ring (bicyclic) bond motifs is 3. The van der Waals surface area contributed by atoms with Crippen LogP contribution in [-0.4, -0.2) is 46.2 Å². The first-order valence-electron chi connectivity index (χ1n) is 8.16. The van der Waals surface area contributed by atoms with Gasteiger partial charge in [0.15, 0.2) is 6.10 Å². The Bertz CT molecular complexity index is 1010. The number of ether oxygens (including phenoxy) is 2. The Morgan fingerprint density at radius 1 is 1.32 bits per heavy atom. The van der Waals surface area contributed by atoms with Crippen LogP contribution in [0, 0.1) is 6.57 Å². The van der Waals surface area contributed by atoms with Gasteiger partial charge in [0, 0.05) is 5.56 Å². The van der Waals surface area contributed by atoms with Gasteiger partial charge in [-0.15, -0.1) is 4.98 Å². The summed E-state index contributed by atoms with van der Waals surface area (Å²) in [6.45, 7) is 6.60. The number of hydrogen-bond acceptors (Lipinski definition) is 6. The Labute approximate surface area is 159 Å². The van der Waals surface area contributed by atoms with E-state index in [9.17, 15) is 9.36 Å². The first-order valence-corrected chi connectivity index (χ1v) is 9.69. The van der Waals surface area contributed by atoms with Crippen molar-refractivity contribution in [3.8, 4) is 16.9 Å². The summed E-state index contributed by atoms with van der Waals surface area (Å²) < 4.78 is 26.3. The zero-order valence-corrected chi connectivity index (χ0v) is 15.2. The molecule has 1 fully saturated rings. The van der Waals surface area contributed by atoms with Crippen LogP contribution in [0.5, 0.6) is 5.75 Å². The quantitative estimate of drug-likeness (QED) is 0.590. The molecule has 0 unspecified atom stereocenters. The molecule has 11 heteroatoms. The molecule has 0 radical (unpaired) electrons. The summed E-state index contributed by atoms with van der Waals surface area (Å²) in [6, 6.07) is 8.07. The van der Waals surface area contributed by atoms with E-state index in [1.165, 1.54) is 4.90 Å². The standard InChI is InChI=1S/C17H14N3O7P/c1-18-16-5-3-11(7-19-16)10-2-4-12-14(6-10)25-8-13-15(9-26-28(22,23)24)27-17(21)20(12)13/h2-7,13,15H,8-9H2,(H2,22,23,24)/t13-,15-/m0/s1. The second-order valence-corrected chi connectivity index (χ2v) is 7.40. The maximum atomic E-state index is 12.3. The average Bonchev–Trinajstić information content (AvgIpc) is 3.01. The highest BCUT2D eigenvalue weighted by molar-refractivity contribution is 7.46. The van der Waals surface area contributed by atoms with Crippen molar-refractivity contribution in [2.45, 2.75) is 12.1 Å². The third-order valence-electron chi connectivity index (χ3n) is 4.44. The van der Waals surface area contributed by atoms with E-state index in [2.05, 4.69) is 14.4 Å². The van der Waals surface area contributed by atoms with Crippen molar-refractivity contribution in [3.63, 3.8) is 0 Å². The Morgan fingerprint density at radius 2 is 2.11 bits per heavy atom. The molecule has 0 aliphatic carbocycles. The Morgan fingerprint density at radius 3 is 2.79 bits per heavy atom. The van der Waals surface area contributed by atoms with Gasteiger partial charge in [-0.25, -0.2) is 9.36 Å². The van der Waals surface area contributed by atoms with Gasteiger partial charge < -0.3 is 24.1 Å². The highest BCUT2D eigenvalue weighted by Crippen LogP contribution is 2.42. The highest BCUT2D eigenvalue weighted by atomic mass is 31.2. The molecule has 2 N–H and O–H groups in total. The Kier molecular flexibility index (Phi) is 4.53. The summed E-state index contributed by atoms with van der Waals surface area (Å²) in [6.07, 6.45) is 0.0864. The zero-order chi connectivity index (χ0) is 19.9.